The molecule has 5 nitrogen and oxygen atoms in total. The molecule has 140 valence electrons. The second-order valence-electron chi connectivity index (χ2n) is 7.79. The van der Waals surface area contributed by atoms with Crippen molar-refractivity contribution < 1.29 is 17.9 Å². The van der Waals surface area contributed by atoms with Crippen LogP contribution in [0, 0.1) is 5.41 Å². The van der Waals surface area contributed by atoms with Gasteiger partial charge < -0.3 is 14.8 Å². The Balaban J connectivity index is 1.82. The van der Waals surface area contributed by atoms with Gasteiger partial charge in [0, 0.05) is 33.8 Å². The molecule has 0 aliphatic carbocycles. The van der Waals surface area contributed by atoms with Gasteiger partial charge in [0.15, 0.2) is 21.3 Å². The number of fused-ring (bicyclic) bond motifs is 2. The van der Waals surface area contributed by atoms with Crippen LogP contribution in [0.3, 0.4) is 0 Å². The quantitative estimate of drug-likeness (QED) is 0.769. The SMILES string of the molecule is CC1(C)CS(=O)(=O)C2=C1Nc1cc3c(cc1C2c1cccc(Cl)c1)OCO3. The average Bonchev–Trinajstić information content (AvgIpc) is 3.10. The van der Waals surface area contributed by atoms with E-state index in [-0.39, 0.29) is 12.5 Å². The van der Waals surface area contributed by atoms with E-state index in [1.54, 1.807) is 6.07 Å². The monoisotopic (exact) mass is 403 g/mol. The number of halogens is 1. The lowest BCUT2D eigenvalue weighted by molar-refractivity contribution is 0.174. The van der Waals surface area contributed by atoms with Gasteiger partial charge in [-0.25, -0.2) is 8.42 Å². The maximum atomic E-state index is 13.1. The second kappa shape index (κ2) is 5.42. The molecule has 7 heteroatoms. The number of rotatable bonds is 1. The Morgan fingerprint density at radius 2 is 1.89 bits per heavy atom. The van der Waals surface area contributed by atoms with E-state index in [9.17, 15) is 8.42 Å². The van der Waals surface area contributed by atoms with E-state index in [0.717, 1.165) is 22.5 Å². The first-order valence-corrected chi connectivity index (χ1v) is 10.7. The molecule has 27 heavy (non-hydrogen) atoms. The van der Waals surface area contributed by atoms with Crippen molar-refractivity contribution in [3.05, 3.63) is 63.1 Å². The van der Waals surface area contributed by atoms with Crippen LogP contribution >= 0.6 is 11.6 Å². The van der Waals surface area contributed by atoms with Crippen molar-refractivity contribution in [2.45, 2.75) is 19.8 Å². The number of benzene rings is 2. The maximum Gasteiger partial charge on any atom is 0.231 e. The number of anilines is 1. The smallest absolute Gasteiger partial charge is 0.231 e. The summed E-state index contributed by atoms with van der Waals surface area (Å²) in [6, 6.07) is 11.1. The zero-order chi connectivity index (χ0) is 19.0. The Bertz CT molecular complexity index is 1120. The molecule has 0 saturated carbocycles. The lowest BCUT2D eigenvalue weighted by atomic mass is 9.81. The van der Waals surface area contributed by atoms with Crippen LogP contribution in [-0.2, 0) is 9.84 Å². The number of nitrogens with one attached hydrogen (secondary N) is 1. The lowest BCUT2D eigenvalue weighted by Gasteiger charge is -2.32. The molecule has 0 aromatic heterocycles. The average molecular weight is 404 g/mol. The Morgan fingerprint density at radius 1 is 1.15 bits per heavy atom. The molecule has 5 rings (SSSR count). The van der Waals surface area contributed by atoms with Gasteiger partial charge in [-0.15, -0.1) is 0 Å². The van der Waals surface area contributed by atoms with E-state index in [0.29, 0.717) is 21.4 Å². The van der Waals surface area contributed by atoms with Crippen molar-refractivity contribution in [2.24, 2.45) is 5.41 Å². The van der Waals surface area contributed by atoms with Crippen LogP contribution in [0.5, 0.6) is 11.5 Å². The molecule has 1 N–H and O–H groups in total. The van der Waals surface area contributed by atoms with Crippen LogP contribution in [0.1, 0.15) is 30.9 Å². The third-order valence-electron chi connectivity index (χ3n) is 5.37. The third kappa shape index (κ3) is 2.47. The van der Waals surface area contributed by atoms with Gasteiger partial charge in [-0.3, -0.25) is 0 Å². The van der Waals surface area contributed by atoms with Crippen LogP contribution in [0.15, 0.2) is 47.0 Å². The minimum atomic E-state index is -3.42. The number of hydrogen-bond donors (Lipinski definition) is 1. The first-order chi connectivity index (χ1) is 12.8. The van der Waals surface area contributed by atoms with Crippen molar-refractivity contribution in [1.29, 1.82) is 0 Å². The van der Waals surface area contributed by atoms with E-state index in [1.165, 1.54) is 0 Å². The zero-order valence-corrected chi connectivity index (χ0v) is 16.4. The molecule has 3 aliphatic rings. The molecule has 0 fully saturated rings. The van der Waals surface area contributed by atoms with Crippen molar-refractivity contribution in [1.82, 2.24) is 0 Å². The second-order valence-corrected chi connectivity index (χ2v) is 10.2. The molecule has 1 unspecified atom stereocenters. The first kappa shape index (κ1) is 17.0. The van der Waals surface area contributed by atoms with Crippen LogP contribution in [0.4, 0.5) is 5.69 Å². The van der Waals surface area contributed by atoms with Gasteiger partial charge >= 0.3 is 0 Å². The van der Waals surface area contributed by atoms with Crippen LogP contribution in [0.2, 0.25) is 5.02 Å². The van der Waals surface area contributed by atoms with E-state index in [1.807, 2.05) is 44.2 Å². The van der Waals surface area contributed by atoms with Crippen molar-refractivity contribution in [3.63, 3.8) is 0 Å². The lowest BCUT2D eigenvalue weighted by Crippen LogP contribution is -2.24. The fourth-order valence-corrected chi connectivity index (χ4v) is 6.98. The van der Waals surface area contributed by atoms with Crippen molar-refractivity contribution >= 4 is 27.1 Å². The van der Waals surface area contributed by atoms with Gasteiger partial charge in [-0.05, 0) is 29.3 Å². The zero-order valence-electron chi connectivity index (χ0n) is 14.9. The summed E-state index contributed by atoms with van der Waals surface area (Å²) in [6.45, 7) is 4.07. The normalized spacial score (nSPS) is 23.6. The topological polar surface area (TPSA) is 64.6 Å². The highest BCUT2D eigenvalue weighted by Gasteiger charge is 2.49. The molecule has 0 radical (unpaired) electrons. The molecule has 2 aromatic rings. The molecule has 3 aliphatic heterocycles. The molecule has 1 atom stereocenters. The molecule has 0 spiro atoms. The first-order valence-electron chi connectivity index (χ1n) is 8.70. The Kier molecular flexibility index (Phi) is 3.41. The van der Waals surface area contributed by atoms with Gasteiger partial charge in [0.25, 0.3) is 0 Å². The highest BCUT2D eigenvalue weighted by atomic mass is 35.5. The summed E-state index contributed by atoms with van der Waals surface area (Å²) in [6.07, 6.45) is 0. The summed E-state index contributed by atoms with van der Waals surface area (Å²) in [4.78, 5) is 0.432. The van der Waals surface area contributed by atoms with Gasteiger partial charge in [-0.1, -0.05) is 37.6 Å². The molecule has 0 bridgehead atoms. The summed E-state index contributed by atoms with van der Waals surface area (Å²) >= 11 is 6.23. The Labute approximate surface area is 162 Å². The molecular formula is C20H18ClNO4S. The Morgan fingerprint density at radius 3 is 2.63 bits per heavy atom. The summed E-state index contributed by atoms with van der Waals surface area (Å²) in [5.41, 5.74) is 2.78. The van der Waals surface area contributed by atoms with E-state index < -0.39 is 21.2 Å². The summed E-state index contributed by atoms with van der Waals surface area (Å²) in [5, 5.41) is 3.95. The summed E-state index contributed by atoms with van der Waals surface area (Å²) in [5.74, 6) is 0.932. The minimum Gasteiger partial charge on any atom is -0.454 e. The van der Waals surface area contributed by atoms with Gasteiger partial charge in [0.05, 0.1) is 10.7 Å². The van der Waals surface area contributed by atoms with E-state index in [2.05, 4.69) is 5.32 Å². The molecule has 0 saturated heterocycles. The standard InChI is InChI=1S/C20H18ClNO4S/c1-20(2)9-27(23,24)18-17(11-4-3-5-12(21)6-11)13-7-15-16(26-10-25-15)8-14(13)22-19(18)20/h3-8,17,22H,9-10H2,1-2H3. The van der Waals surface area contributed by atoms with Crippen LogP contribution in [0.25, 0.3) is 0 Å². The summed E-state index contributed by atoms with van der Waals surface area (Å²) in [7, 11) is -3.42. The predicted octanol–water partition coefficient (Wildman–Crippen LogP) is 4.29. The number of hydrogen-bond acceptors (Lipinski definition) is 5. The van der Waals surface area contributed by atoms with Gasteiger partial charge in [0.1, 0.15) is 0 Å². The van der Waals surface area contributed by atoms with Crippen LogP contribution < -0.4 is 14.8 Å². The molecule has 2 aromatic carbocycles. The van der Waals surface area contributed by atoms with Gasteiger partial charge in [0.2, 0.25) is 6.79 Å². The Hall–Kier alpha value is -2.18. The van der Waals surface area contributed by atoms with E-state index >= 15 is 0 Å². The number of allylic oxidation sites excluding steroid dienone is 2. The predicted molar refractivity (Wildman–Crippen MR) is 104 cm³/mol. The largest absolute Gasteiger partial charge is 0.454 e. The minimum absolute atomic E-state index is 0.0788. The number of ether oxygens (including phenoxy) is 2. The van der Waals surface area contributed by atoms with Crippen molar-refractivity contribution in [3.8, 4) is 11.5 Å². The maximum absolute atomic E-state index is 13.1. The number of sulfone groups is 1. The fraction of sp³-hybridized carbons (Fsp3) is 0.300. The molecule has 3 heterocycles. The van der Waals surface area contributed by atoms with Crippen LogP contribution in [-0.4, -0.2) is 21.0 Å². The highest BCUT2D eigenvalue weighted by Crippen LogP contribution is 2.55. The highest BCUT2D eigenvalue weighted by molar-refractivity contribution is 7.95. The fourth-order valence-electron chi connectivity index (χ4n) is 4.27. The third-order valence-corrected chi connectivity index (χ3v) is 7.82. The summed E-state index contributed by atoms with van der Waals surface area (Å²) < 4.78 is 37.3. The molecular weight excluding hydrogens is 386 g/mol. The van der Waals surface area contributed by atoms with Crippen molar-refractivity contribution in [2.75, 3.05) is 17.9 Å². The van der Waals surface area contributed by atoms with Gasteiger partial charge in [-0.2, -0.15) is 0 Å². The molecule has 0 amide bonds. The van der Waals surface area contributed by atoms with E-state index in [4.69, 9.17) is 21.1 Å².